The average Bonchev–Trinajstić information content (AvgIpc) is 3.84. The summed E-state index contributed by atoms with van der Waals surface area (Å²) in [5.41, 5.74) is 18.2. The van der Waals surface area contributed by atoms with Crippen LogP contribution in [0, 0.1) is 27.7 Å². The lowest BCUT2D eigenvalue weighted by Gasteiger charge is -2.15. The monoisotopic (exact) mass is 758 g/mol. The van der Waals surface area contributed by atoms with E-state index in [1.807, 2.05) is 0 Å². The molecule has 0 saturated carbocycles. The molecule has 0 aliphatic rings. The zero-order chi connectivity index (χ0) is 39.5. The number of ether oxygens (including phenoxy) is 1. The van der Waals surface area contributed by atoms with Gasteiger partial charge < -0.3 is 4.74 Å². The van der Waals surface area contributed by atoms with Crippen molar-refractivity contribution >= 4 is 76.7 Å². The van der Waals surface area contributed by atoms with Crippen molar-refractivity contribution in [3.8, 4) is 33.8 Å². The minimum Gasteiger partial charge on any atom is -0.457 e. The van der Waals surface area contributed by atoms with Crippen LogP contribution < -0.4 is 4.74 Å². The molecule has 0 aliphatic carbocycles. The van der Waals surface area contributed by atoms with Crippen molar-refractivity contribution in [1.29, 1.82) is 0 Å². The quantitative estimate of drug-likeness (QED) is 0.168. The zero-order valence-corrected chi connectivity index (χ0v) is 33.2. The van der Waals surface area contributed by atoms with Crippen LogP contribution in [-0.2, 0) is 0 Å². The highest BCUT2D eigenvalue weighted by Gasteiger charge is 2.19. The maximum atomic E-state index is 6.84. The lowest BCUT2D eigenvalue weighted by Crippen LogP contribution is -1.95. The summed E-state index contributed by atoms with van der Waals surface area (Å²) >= 11 is 0. The van der Waals surface area contributed by atoms with Gasteiger partial charge in [-0.1, -0.05) is 72.8 Å². The van der Waals surface area contributed by atoms with Crippen molar-refractivity contribution in [2.24, 2.45) is 0 Å². The molecule has 12 aromatic rings. The Kier molecular flexibility index (Phi) is 7.12. The Labute approximate surface area is 340 Å². The van der Waals surface area contributed by atoms with Crippen LogP contribution in [0.25, 0.3) is 99.0 Å². The van der Waals surface area contributed by atoms with Gasteiger partial charge in [-0.3, -0.25) is 8.80 Å². The standard InChI is InChI=1S/C54H38N4O/c1-31-11-9-12-32(2)51(31)35-19-25-47-41(27-35)39-23-21-37(29-43(39)53-55-45-15-5-7-17-49(45)57(47)53)59-38-22-24-40-42-28-36(52-33(3)13-10-14-34(52)4)20-26-48(42)58-50-18-8-6-16-46(50)56-54(58)44(40)30-38/h5-30H,1-4H3. The van der Waals surface area contributed by atoms with Crippen molar-refractivity contribution in [2.75, 3.05) is 0 Å². The summed E-state index contributed by atoms with van der Waals surface area (Å²) in [5, 5.41) is 6.70. The van der Waals surface area contributed by atoms with E-state index in [4.69, 9.17) is 14.7 Å². The second kappa shape index (κ2) is 12.5. The normalized spacial score (nSPS) is 12.1. The van der Waals surface area contributed by atoms with Crippen LogP contribution in [0.1, 0.15) is 22.3 Å². The van der Waals surface area contributed by atoms with Crippen LogP contribution in [0.5, 0.6) is 11.5 Å². The molecule has 0 bridgehead atoms. The van der Waals surface area contributed by atoms with E-state index in [1.54, 1.807) is 0 Å². The van der Waals surface area contributed by atoms with Gasteiger partial charge in [-0.15, -0.1) is 0 Å². The molecular formula is C54H38N4O. The van der Waals surface area contributed by atoms with Crippen molar-refractivity contribution < 1.29 is 4.74 Å². The minimum atomic E-state index is 0.749. The Morgan fingerprint density at radius 2 is 0.780 bits per heavy atom. The number of aryl methyl sites for hydroxylation is 4. The second-order valence-corrected chi connectivity index (χ2v) is 16.0. The molecule has 4 heterocycles. The van der Waals surface area contributed by atoms with Crippen LogP contribution in [0.3, 0.4) is 0 Å². The van der Waals surface area contributed by atoms with Gasteiger partial charge in [0.25, 0.3) is 0 Å². The second-order valence-electron chi connectivity index (χ2n) is 16.0. The predicted molar refractivity (Wildman–Crippen MR) is 245 cm³/mol. The largest absolute Gasteiger partial charge is 0.457 e. The fraction of sp³-hybridized carbons (Fsp3) is 0.0741. The summed E-state index contributed by atoms with van der Waals surface area (Å²) in [7, 11) is 0. The van der Waals surface area contributed by atoms with E-state index in [0.717, 1.165) is 77.4 Å². The van der Waals surface area contributed by atoms with E-state index >= 15 is 0 Å². The molecule has 0 saturated heterocycles. The van der Waals surface area contributed by atoms with E-state index in [9.17, 15) is 0 Å². The maximum Gasteiger partial charge on any atom is 0.146 e. The van der Waals surface area contributed by atoms with Crippen LogP contribution in [0.4, 0.5) is 0 Å². The SMILES string of the molecule is Cc1cccc(C)c1-c1ccc2c(c1)c1ccc(Oc3ccc4c5cc(-c6c(C)cccc6C)ccc5n5c6ccccc6nc5c4c3)cc1c1nc3ccccc3n21. The lowest BCUT2D eigenvalue weighted by atomic mass is 9.93. The van der Waals surface area contributed by atoms with E-state index < -0.39 is 0 Å². The summed E-state index contributed by atoms with van der Waals surface area (Å²) < 4.78 is 11.4. The lowest BCUT2D eigenvalue weighted by molar-refractivity contribution is 0.484. The predicted octanol–water partition coefficient (Wildman–Crippen LogP) is 14.3. The van der Waals surface area contributed by atoms with Gasteiger partial charge in [0.1, 0.15) is 22.8 Å². The molecule has 0 fully saturated rings. The molecule has 5 heteroatoms. The van der Waals surface area contributed by atoms with Gasteiger partial charge >= 0.3 is 0 Å². The average molecular weight is 759 g/mol. The van der Waals surface area contributed by atoms with Crippen LogP contribution in [0.15, 0.2) is 158 Å². The summed E-state index contributed by atoms with van der Waals surface area (Å²) in [6.45, 7) is 8.78. The summed E-state index contributed by atoms with van der Waals surface area (Å²) in [4.78, 5) is 10.4. The van der Waals surface area contributed by atoms with E-state index in [-0.39, 0.29) is 0 Å². The van der Waals surface area contributed by atoms with Gasteiger partial charge in [0.2, 0.25) is 0 Å². The van der Waals surface area contributed by atoms with Gasteiger partial charge in [-0.2, -0.15) is 0 Å². The number of imidazole rings is 2. The number of benzene rings is 8. The Bertz CT molecular complexity index is 3470. The number of fused-ring (bicyclic) bond motifs is 16. The third-order valence-corrected chi connectivity index (χ3v) is 12.4. The Balaban J connectivity index is 1.06. The smallest absolute Gasteiger partial charge is 0.146 e. The number of para-hydroxylation sites is 4. The molecule has 0 aliphatic heterocycles. The topological polar surface area (TPSA) is 43.8 Å². The first-order valence-electron chi connectivity index (χ1n) is 20.2. The van der Waals surface area contributed by atoms with Gasteiger partial charge in [0, 0.05) is 21.5 Å². The molecule has 4 aromatic heterocycles. The molecule has 280 valence electrons. The maximum absolute atomic E-state index is 6.84. The van der Waals surface area contributed by atoms with Crippen molar-refractivity contribution in [3.05, 3.63) is 180 Å². The Morgan fingerprint density at radius 1 is 0.356 bits per heavy atom. The van der Waals surface area contributed by atoms with Gasteiger partial charge in [0.05, 0.1) is 33.1 Å². The van der Waals surface area contributed by atoms with Crippen molar-refractivity contribution in [3.63, 3.8) is 0 Å². The highest BCUT2D eigenvalue weighted by Crippen LogP contribution is 2.41. The third kappa shape index (κ3) is 4.98. The fourth-order valence-electron chi connectivity index (χ4n) is 9.79. The first-order valence-corrected chi connectivity index (χ1v) is 20.2. The van der Waals surface area contributed by atoms with Crippen LogP contribution in [0.2, 0.25) is 0 Å². The highest BCUT2D eigenvalue weighted by atomic mass is 16.5. The van der Waals surface area contributed by atoms with Crippen molar-refractivity contribution in [1.82, 2.24) is 18.8 Å². The van der Waals surface area contributed by atoms with Crippen LogP contribution >= 0.6 is 0 Å². The number of hydrogen-bond donors (Lipinski definition) is 0. The zero-order valence-electron chi connectivity index (χ0n) is 33.2. The fourth-order valence-corrected chi connectivity index (χ4v) is 9.79. The van der Waals surface area contributed by atoms with Crippen LogP contribution in [-0.4, -0.2) is 18.8 Å². The van der Waals surface area contributed by atoms with Crippen molar-refractivity contribution in [2.45, 2.75) is 27.7 Å². The molecule has 12 rings (SSSR count). The molecule has 0 N–H and O–H groups in total. The molecule has 5 nitrogen and oxygen atoms in total. The molecule has 0 amide bonds. The summed E-state index contributed by atoms with van der Waals surface area (Å²) in [5.74, 6) is 1.50. The molecule has 0 unspecified atom stereocenters. The minimum absolute atomic E-state index is 0.749. The highest BCUT2D eigenvalue weighted by molar-refractivity contribution is 6.16. The third-order valence-electron chi connectivity index (χ3n) is 12.4. The summed E-state index contributed by atoms with van der Waals surface area (Å²) in [6.07, 6.45) is 0. The number of pyridine rings is 2. The van der Waals surface area contributed by atoms with Gasteiger partial charge in [-0.25, -0.2) is 9.97 Å². The number of hydrogen-bond acceptors (Lipinski definition) is 3. The molecule has 0 radical (unpaired) electrons. The first-order chi connectivity index (χ1) is 28.9. The Hall–Kier alpha value is -7.50. The van der Waals surface area contributed by atoms with Gasteiger partial charge in [0.15, 0.2) is 0 Å². The van der Waals surface area contributed by atoms with Gasteiger partial charge in [-0.05, 0) is 168 Å². The van der Waals surface area contributed by atoms with E-state index in [0.29, 0.717) is 0 Å². The molecule has 59 heavy (non-hydrogen) atoms. The number of rotatable bonds is 4. The van der Waals surface area contributed by atoms with E-state index in [2.05, 4.69) is 194 Å². The Morgan fingerprint density at radius 3 is 1.22 bits per heavy atom. The molecule has 0 spiro atoms. The number of nitrogens with zero attached hydrogens (tertiary/aromatic N) is 4. The molecule has 8 aromatic carbocycles. The summed E-state index contributed by atoms with van der Waals surface area (Å²) in [6, 6.07) is 56.4. The first kappa shape index (κ1) is 33.6. The molecular weight excluding hydrogens is 721 g/mol. The number of aromatic nitrogens is 4. The molecule has 0 atom stereocenters. The van der Waals surface area contributed by atoms with E-state index in [1.165, 1.54) is 55.3 Å².